The topological polar surface area (TPSA) is 94.5 Å². The van der Waals surface area contributed by atoms with Crippen LogP contribution in [0.3, 0.4) is 0 Å². The molecular weight excluding hydrogens is 472 g/mol. The maximum absolute atomic E-state index is 13.0. The van der Waals surface area contributed by atoms with E-state index in [4.69, 9.17) is 18.9 Å². The summed E-state index contributed by atoms with van der Waals surface area (Å²) < 4.78 is 22.3. The number of aryl methyl sites for hydroxylation is 1. The van der Waals surface area contributed by atoms with Gasteiger partial charge in [0.25, 0.3) is 0 Å². The molecule has 0 aromatic heterocycles. The molecule has 37 heavy (non-hydrogen) atoms. The van der Waals surface area contributed by atoms with Crippen LogP contribution < -0.4 is 14.2 Å². The fraction of sp³-hybridized carbons (Fsp3) is 0.167. The van der Waals surface area contributed by atoms with E-state index in [-0.39, 0.29) is 22.8 Å². The van der Waals surface area contributed by atoms with E-state index in [0.717, 1.165) is 11.1 Å². The molecule has 0 aliphatic rings. The summed E-state index contributed by atoms with van der Waals surface area (Å²) in [5, 5.41) is 20.5. The molecule has 0 amide bonds. The van der Waals surface area contributed by atoms with Crippen LogP contribution in [0.5, 0.6) is 28.7 Å². The molecule has 0 saturated carbocycles. The second kappa shape index (κ2) is 11.0. The molecule has 0 radical (unpaired) electrons. The summed E-state index contributed by atoms with van der Waals surface area (Å²) in [6.07, 6.45) is 0. The number of carbonyl (C=O) groups is 1. The highest BCUT2D eigenvalue weighted by Gasteiger charge is 2.27. The van der Waals surface area contributed by atoms with Gasteiger partial charge < -0.3 is 29.2 Å². The summed E-state index contributed by atoms with van der Waals surface area (Å²) in [5.74, 6) is 0.370. The van der Waals surface area contributed by atoms with Crippen molar-refractivity contribution < 1.29 is 34.0 Å². The largest absolute Gasteiger partial charge is 0.508 e. The van der Waals surface area contributed by atoms with Crippen LogP contribution in [0.1, 0.15) is 21.5 Å². The van der Waals surface area contributed by atoms with Crippen LogP contribution in [-0.4, -0.2) is 37.5 Å². The Kier molecular flexibility index (Phi) is 7.53. The van der Waals surface area contributed by atoms with E-state index in [2.05, 4.69) is 0 Å². The number of rotatable bonds is 8. The van der Waals surface area contributed by atoms with E-state index in [1.54, 1.807) is 36.4 Å². The number of hydrogen-bond acceptors (Lipinski definition) is 7. The molecule has 7 heteroatoms. The van der Waals surface area contributed by atoms with Crippen molar-refractivity contribution in [3.05, 3.63) is 89.5 Å². The van der Waals surface area contributed by atoms with Crippen molar-refractivity contribution in [2.75, 3.05) is 21.3 Å². The third-order valence-corrected chi connectivity index (χ3v) is 6.00. The minimum atomic E-state index is -0.623. The number of benzene rings is 4. The van der Waals surface area contributed by atoms with E-state index in [0.29, 0.717) is 40.4 Å². The smallest absolute Gasteiger partial charge is 0.342 e. The number of phenolic OH excluding ortho intramolecular Hbond substituents is 2. The molecule has 0 unspecified atom stereocenters. The molecule has 0 aliphatic carbocycles. The Bertz CT molecular complexity index is 1410. The Morgan fingerprint density at radius 2 is 1.46 bits per heavy atom. The first-order chi connectivity index (χ1) is 17.9. The van der Waals surface area contributed by atoms with Crippen molar-refractivity contribution in [2.45, 2.75) is 13.5 Å². The van der Waals surface area contributed by atoms with Gasteiger partial charge in [0.2, 0.25) is 0 Å². The van der Waals surface area contributed by atoms with Gasteiger partial charge in [-0.3, -0.25) is 0 Å². The molecular formula is C30H28O7. The normalized spacial score (nSPS) is 10.6. The molecule has 4 aromatic carbocycles. The quantitative estimate of drug-likeness (QED) is 0.281. The number of methoxy groups -OCH3 is 3. The van der Waals surface area contributed by atoms with E-state index in [9.17, 15) is 15.0 Å². The van der Waals surface area contributed by atoms with Crippen molar-refractivity contribution in [2.24, 2.45) is 0 Å². The Morgan fingerprint density at radius 1 is 0.784 bits per heavy atom. The number of aromatic hydroxyl groups is 2. The summed E-state index contributed by atoms with van der Waals surface area (Å²) in [4.78, 5) is 13.0. The standard InChI is InChI=1S/C30H28O7/c1-18-5-7-19(8-6-18)17-37-25-14-11-21(15-24(25)32)23-16-26(34-2)27(20-9-12-22(31)13-10-20)28(29(23)35-3)30(33)36-4/h5-16,31-32H,17H2,1-4H3. The monoisotopic (exact) mass is 500 g/mol. The zero-order chi connectivity index (χ0) is 26.5. The molecule has 7 nitrogen and oxygen atoms in total. The lowest BCUT2D eigenvalue weighted by Crippen LogP contribution is -2.09. The lowest BCUT2D eigenvalue weighted by Gasteiger charge is -2.20. The van der Waals surface area contributed by atoms with Crippen LogP contribution in [0.4, 0.5) is 0 Å². The molecule has 4 rings (SSSR count). The van der Waals surface area contributed by atoms with E-state index in [1.165, 1.54) is 33.5 Å². The zero-order valence-electron chi connectivity index (χ0n) is 21.1. The average Bonchev–Trinajstić information content (AvgIpc) is 2.92. The molecule has 0 fully saturated rings. The van der Waals surface area contributed by atoms with Crippen LogP contribution in [0.2, 0.25) is 0 Å². The van der Waals surface area contributed by atoms with Crippen molar-refractivity contribution >= 4 is 5.97 Å². The highest BCUT2D eigenvalue weighted by molar-refractivity contribution is 6.05. The number of carbonyl (C=O) groups excluding carboxylic acids is 1. The van der Waals surface area contributed by atoms with Crippen molar-refractivity contribution in [3.63, 3.8) is 0 Å². The van der Waals surface area contributed by atoms with Crippen molar-refractivity contribution in [1.29, 1.82) is 0 Å². The third kappa shape index (κ3) is 5.30. The zero-order valence-corrected chi connectivity index (χ0v) is 21.1. The SMILES string of the molecule is COC(=O)c1c(OC)c(-c2ccc(OCc3ccc(C)cc3)c(O)c2)cc(OC)c1-c1ccc(O)cc1. The van der Waals surface area contributed by atoms with E-state index in [1.807, 2.05) is 31.2 Å². The summed E-state index contributed by atoms with van der Waals surface area (Å²) in [6, 6.07) is 21.0. The lowest BCUT2D eigenvalue weighted by molar-refractivity contribution is 0.0597. The molecule has 0 aliphatic heterocycles. The molecule has 0 atom stereocenters. The maximum Gasteiger partial charge on any atom is 0.342 e. The van der Waals surface area contributed by atoms with Crippen molar-refractivity contribution in [3.8, 4) is 51.0 Å². The van der Waals surface area contributed by atoms with Gasteiger partial charge in [-0.05, 0) is 53.9 Å². The van der Waals surface area contributed by atoms with Gasteiger partial charge in [0, 0.05) is 11.1 Å². The summed E-state index contributed by atoms with van der Waals surface area (Å²) in [7, 11) is 4.24. The summed E-state index contributed by atoms with van der Waals surface area (Å²) in [6.45, 7) is 2.32. The van der Waals surface area contributed by atoms with Gasteiger partial charge in [0.1, 0.15) is 29.4 Å². The molecule has 0 saturated heterocycles. The first-order valence-electron chi connectivity index (χ1n) is 11.5. The average molecular weight is 501 g/mol. The van der Waals surface area contributed by atoms with Gasteiger partial charge in [-0.1, -0.05) is 48.0 Å². The minimum absolute atomic E-state index is 0.0622. The highest BCUT2D eigenvalue weighted by atomic mass is 16.5. The third-order valence-electron chi connectivity index (χ3n) is 6.00. The first-order valence-corrected chi connectivity index (χ1v) is 11.5. The predicted octanol–water partition coefficient (Wildman–Crippen LogP) is 6.12. The lowest BCUT2D eigenvalue weighted by atomic mass is 9.92. The number of phenols is 2. The molecule has 2 N–H and O–H groups in total. The second-order valence-electron chi connectivity index (χ2n) is 8.40. The first kappa shape index (κ1) is 25.4. The predicted molar refractivity (Wildman–Crippen MR) is 141 cm³/mol. The van der Waals surface area contributed by atoms with Crippen LogP contribution in [0, 0.1) is 6.92 Å². The Balaban J connectivity index is 1.79. The fourth-order valence-corrected chi connectivity index (χ4v) is 4.09. The van der Waals surface area contributed by atoms with E-state index >= 15 is 0 Å². The van der Waals surface area contributed by atoms with Gasteiger partial charge in [-0.25, -0.2) is 4.79 Å². The molecule has 0 bridgehead atoms. The van der Waals surface area contributed by atoms with E-state index < -0.39 is 5.97 Å². The Morgan fingerprint density at radius 3 is 2.05 bits per heavy atom. The maximum atomic E-state index is 13.0. The van der Waals surface area contributed by atoms with Gasteiger partial charge in [0.15, 0.2) is 11.5 Å². The van der Waals surface area contributed by atoms with Crippen LogP contribution in [-0.2, 0) is 11.3 Å². The molecule has 0 spiro atoms. The number of hydrogen-bond donors (Lipinski definition) is 2. The molecule has 0 heterocycles. The van der Waals surface area contributed by atoms with Gasteiger partial charge in [-0.15, -0.1) is 0 Å². The van der Waals surface area contributed by atoms with Gasteiger partial charge in [-0.2, -0.15) is 0 Å². The van der Waals surface area contributed by atoms with Crippen LogP contribution in [0.25, 0.3) is 22.3 Å². The number of ether oxygens (including phenoxy) is 4. The summed E-state index contributed by atoms with van der Waals surface area (Å²) in [5.41, 5.74) is 4.47. The second-order valence-corrected chi connectivity index (χ2v) is 8.40. The molecule has 190 valence electrons. The van der Waals surface area contributed by atoms with Gasteiger partial charge in [0.05, 0.1) is 21.3 Å². The Labute approximate surface area is 215 Å². The van der Waals surface area contributed by atoms with Crippen molar-refractivity contribution in [1.82, 2.24) is 0 Å². The van der Waals surface area contributed by atoms with Crippen LogP contribution in [0.15, 0.2) is 72.8 Å². The summed E-state index contributed by atoms with van der Waals surface area (Å²) >= 11 is 0. The Hall–Kier alpha value is -4.65. The highest BCUT2D eigenvalue weighted by Crippen LogP contribution is 2.46. The number of esters is 1. The van der Waals surface area contributed by atoms with Gasteiger partial charge >= 0.3 is 5.97 Å². The molecule has 4 aromatic rings. The minimum Gasteiger partial charge on any atom is -0.508 e. The fourth-order valence-electron chi connectivity index (χ4n) is 4.09. The van der Waals surface area contributed by atoms with Crippen LogP contribution >= 0.6 is 0 Å².